The fourth-order valence-corrected chi connectivity index (χ4v) is 11.2. The molecular weight excluding hydrogens is 466 g/mol. The number of nitrogens with one attached hydrogen (secondary N) is 2. The average molecular weight is 513 g/mol. The summed E-state index contributed by atoms with van der Waals surface area (Å²) in [6.07, 6.45) is 5.76. The zero-order chi connectivity index (χ0) is 26.3. The van der Waals surface area contributed by atoms with Gasteiger partial charge in [-0.25, -0.2) is 14.8 Å². The maximum atomic E-state index is 6.95. The molecule has 2 aromatic rings. The summed E-state index contributed by atoms with van der Waals surface area (Å²) < 4.78 is 6.95. The van der Waals surface area contributed by atoms with Crippen LogP contribution in [0.5, 0.6) is 0 Å². The van der Waals surface area contributed by atoms with Gasteiger partial charge in [0.2, 0.25) is 8.32 Å². The van der Waals surface area contributed by atoms with Gasteiger partial charge < -0.3 is 14.6 Å². The van der Waals surface area contributed by atoms with Crippen LogP contribution in [0.25, 0.3) is 6.08 Å². The van der Waals surface area contributed by atoms with Gasteiger partial charge in [-0.15, -0.1) is 0 Å². The van der Waals surface area contributed by atoms with Gasteiger partial charge in [-0.2, -0.15) is 5.06 Å². The predicted molar refractivity (Wildman–Crippen MR) is 152 cm³/mol. The van der Waals surface area contributed by atoms with E-state index >= 15 is 0 Å². The van der Waals surface area contributed by atoms with E-state index in [4.69, 9.17) is 9.26 Å². The molecule has 0 spiro atoms. The molecule has 7 nitrogen and oxygen atoms in total. The molecule has 1 aliphatic heterocycles. The van der Waals surface area contributed by atoms with E-state index in [0.717, 1.165) is 28.8 Å². The Morgan fingerprint density at radius 3 is 2.39 bits per heavy atom. The van der Waals surface area contributed by atoms with Gasteiger partial charge in [-0.3, -0.25) is 0 Å². The summed E-state index contributed by atoms with van der Waals surface area (Å²) >= 11 is 0. The first-order valence-corrected chi connectivity index (χ1v) is 15.4. The first kappa shape index (κ1) is 28.3. The lowest BCUT2D eigenvalue weighted by Gasteiger charge is -2.43. The molecule has 36 heavy (non-hydrogen) atoms. The third-order valence-electron chi connectivity index (χ3n) is 7.51. The summed E-state index contributed by atoms with van der Waals surface area (Å²) in [4.78, 5) is 17.6. The Hall–Kier alpha value is -2.26. The van der Waals surface area contributed by atoms with E-state index in [-0.39, 0.29) is 6.04 Å². The summed E-state index contributed by atoms with van der Waals surface area (Å²) in [7, 11) is 2.18. The second-order valence-corrected chi connectivity index (χ2v) is 16.3. The topological polar surface area (TPSA) is 64.0 Å². The van der Waals surface area contributed by atoms with Gasteiger partial charge in [0, 0.05) is 13.6 Å². The molecule has 0 saturated heterocycles. The minimum Gasteiger partial charge on any atom is -0.410 e. The molecule has 8 heteroatoms. The fourth-order valence-electron chi connectivity index (χ4n) is 5.67. The van der Waals surface area contributed by atoms with Crippen LogP contribution in [0.2, 0.25) is 16.6 Å². The lowest BCUT2D eigenvalue weighted by atomic mass is 10.2. The number of quaternary nitrogens is 1. The smallest absolute Gasteiger partial charge is 0.200 e. The molecule has 1 aromatic carbocycles. The first-order chi connectivity index (χ1) is 17.2. The number of fused-ring (bicyclic) bond motifs is 1. The summed E-state index contributed by atoms with van der Waals surface area (Å²) in [6, 6.07) is 10.6. The number of hydrogen-bond donors (Lipinski definition) is 2. The molecule has 198 valence electrons. The molecule has 1 aliphatic rings. The zero-order valence-electron chi connectivity index (χ0n) is 23.4. The van der Waals surface area contributed by atoms with Gasteiger partial charge in [-0.05, 0) is 28.3 Å². The minimum absolute atomic E-state index is 0.132. The molecule has 3 rings (SSSR count). The van der Waals surface area contributed by atoms with E-state index in [1.165, 1.54) is 5.56 Å². The highest BCUT2D eigenvalue weighted by Crippen LogP contribution is 2.42. The van der Waals surface area contributed by atoms with Crippen LogP contribution in [0.15, 0.2) is 42.7 Å². The summed E-state index contributed by atoms with van der Waals surface area (Å²) in [5.74, 6) is 1.74. The highest BCUT2D eigenvalue weighted by atomic mass is 28.4. The van der Waals surface area contributed by atoms with Gasteiger partial charge >= 0.3 is 0 Å². The SMILES string of the molecule is CC(C)[Si](OC[C@@H]1CNc2ncnc(N(C)Cc3ccccc3)c2/C=C/CO[NH+]1C)(C(C)C)C(C)C. The predicted octanol–water partition coefficient (Wildman–Crippen LogP) is 4.56. The van der Waals surface area contributed by atoms with Crippen LogP contribution in [-0.2, 0) is 15.8 Å². The monoisotopic (exact) mass is 512 g/mol. The van der Waals surface area contributed by atoms with E-state index < -0.39 is 8.32 Å². The third kappa shape index (κ3) is 6.53. The molecule has 2 heterocycles. The first-order valence-electron chi connectivity index (χ1n) is 13.3. The summed E-state index contributed by atoms with van der Waals surface area (Å²) in [5, 5.41) is 4.61. The molecule has 1 aromatic heterocycles. The highest BCUT2D eigenvalue weighted by Gasteiger charge is 2.46. The second-order valence-electron chi connectivity index (χ2n) is 10.8. The average Bonchev–Trinajstić information content (AvgIpc) is 2.84. The number of likely N-dealkylation sites (N-methyl/N-ethyl adjacent to an activating group) is 1. The van der Waals surface area contributed by atoms with Crippen LogP contribution in [0.3, 0.4) is 0 Å². The Morgan fingerprint density at radius 2 is 1.75 bits per heavy atom. The number of hydroxylamine groups is 2. The number of anilines is 2. The number of benzene rings is 1. The van der Waals surface area contributed by atoms with E-state index in [1.54, 1.807) is 6.33 Å². The van der Waals surface area contributed by atoms with Crippen molar-refractivity contribution >= 4 is 26.0 Å². The molecule has 0 fully saturated rings. The quantitative estimate of drug-likeness (QED) is 0.481. The Bertz CT molecular complexity index is 961. The van der Waals surface area contributed by atoms with Crippen molar-refractivity contribution < 1.29 is 14.3 Å². The molecule has 0 saturated carbocycles. The zero-order valence-corrected chi connectivity index (χ0v) is 24.4. The van der Waals surface area contributed by atoms with Gasteiger partial charge in [-0.1, -0.05) is 78.0 Å². The molecule has 2 N–H and O–H groups in total. The number of rotatable bonds is 9. The maximum Gasteiger partial charge on any atom is 0.200 e. The number of nitrogens with zero attached hydrogens (tertiary/aromatic N) is 3. The molecule has 0 aliphatic carbocycles. The standard InChI is InChI=1S/C28H45N5O2Si/c1-21(2)36(22(3)4,23(5)6)35-19-25-17-29-27-26(15-12-16-34-33(25)8)28(31-20-30-27)32(7)18-24-13-10-9-11-14-24/h9-15,20-23,25H,16-19H2,1-8H3,(H,29,30,31)/p+1/b15-12+/t25-/m0/s1. The Kier molecular flexibility index (Phi) is 10.1. The number of aromatic nitrogens is 2. The molecule has 0 amide bonds. The second kappa shape index (κ2) is 12.8. The van der Waals surface area contributed by atoms with Crippen LogP contribution < -0.4 is 15.3 Å². The molecule has 0 radical (unpaired) electrons. The Morgan fingerprint density at radius 1 is 1.08 bits per heavy atom. The minimum atomic E-state index is -1.97. The van der Waals surface area contributed by atoms with E-state index in [1.807, 2.05) is 12.1 Å². The molecular formula is C28H46N5O2Si+. The third-order valence-corrected chi connectivity index (χ3v) is 13.6. The van der Waals surface area contributed by atoms with Crippen LogP contribution in [0.4, 0.5) is 11.6 Å². The summed E-state index contributed by atoms with van der Waals surface area (Å²) in [5.41, 5.74) is 3.86. The molecule has 2 atom stereocenters. The van der Waals surface area contributed by atoms with Crippen LogP contribution in [0, 0.1) is 0 Å². The molecule has 0 bridgehead atoms. The van der Waals surface area contributed by atoms with Crippen molar-refractivity contribution in [3.8, 4) is 0 Å². The lowest BCUT2D eigenvalue weighted by Crippen LogP contribution is -3.13. The van der Waals surface area contributed by atoms with Crippen molar-refractivity contribution in [3.05, 3.63) is 53.9 Å². The molecule has 1 unspecified atom stereocenters. The van der Waals surface area contributed by atoms with Crippen molar-refractivity contribution in [1.82, 2.24) is 9.97 Å². The largest absolute Gasteiger partial charge is 0.410 e. The van der Waals surface area contributed by atoms with E-state index in [0.29, 0.717) is 36.4 Å². The van der Waals surface area contributed by atoms with Gasteiger partial charge in [0.25, 0.3) is 0 Å². The highest BCUT2D eigenvalue weighted by molar-refractivity contribution is 6.77. The van der Waals surface area contributed by atoms with Crippen molar-refractivity contribution in [2.75, 3.05) is 44.1 Å². The van der Waals surface area contributed by atoms with Crippen molar-refractivity contribution in [3.63, 3.8) is 0 Å². The van der Waals surface area contributed by atoms with E-state index in [2.05, 4.69) is 106 Å². The van der Waals surface area contributed by atoms with Crippen LogP contribution in [-0.4, -0.2) is 58.2 Å². The van der Waals surface area contributed by atoms with Crippen molar-refractivity contribution in [2.45, 2.75) is 70.8 Å². The fraction of sp³-hybridized carbons (Fsp3) is 0.571. The van der Waals surface area contributed by atoms with Crippen LogP contribution in [0.1, 0.15) is 52.7 Å². The Labute approximate surface area is 219 Å². The van der Waals surface area contributed by atoms with Crippen molar-refractivity contribution in [1.29, 1.82) is 0 Å². The normalized spacial score (nSPS) is 19.8. The number of hydrogen-bond acceptors (Lipinski definition) is 6. The van der Waals surface area contributed by atoms with Crippen molar-refractivity contribution in [2.24, 2.45) is 0 Å². The van der Waals surface area contributed by atoms with Gasteiger partial charge in [0.05, 0.1) is 25.8 Å². The summed E-state index contributed by atoms with van der Waals surface area (Å²) in [6.45, 7) is 16.6. The van der Waals surface area contributed by atoms with Gasteiger partial charge in [0.1, 0.15) is 24.6 Å². The van der Waals surface area contributed by atoms with Gasteiger partial charge in [0.15, 0.2) is 6.04 Å². The van der Waals surface area contributed by atoms with E-state index in [9.17, 15) is 0 Å². The maximum absolute atomic E-state index is 6.95. The Balaban J connectivity index is 1.81. The van der Waals surface area contributed by atoms with Crippen LogP contribution >= 0.6 is 0 Å². The lowest BCUT2D eigenvalue weighted by molar-refractivity contribution is -1.09.